The number of carbonyl (C=O) groups excluding carboxylic acids is 2. The Labute approximate surface area is 182 Å². The zero-order valence-corrected chi connectivity index (χ0v) is 18.1. The van der Waals surface area contributed by atoms with Crippen LogP contribution < -0.4 is 15.0 Å². The van der Waals surface area contributed by atoms with Crippen LogP contribution in [0, 0.1) is 0 Å². The summed E-state index contributed by atoms with van der Waals surface area (Å²) in [5.41, 5.74) is 2.66. The van der Waals surface area contributed by atoms with Gasteiger partial charge >= 0.3 is 0 Å². The van der Waals surface area contributed by atoms with Gasteiger partial charge in [-0.15, -0.1) is 0 Å². The highest BCUT2D eigenvalue weighted by atomic mass is 79.9. The van der Waals surface area contributed by atoms with Crippen LogP contribution in [0.3, 0.4) is 0 Å². The van der Waals surface area contributed by atoms with Crippen LogP contribution in [0.1, 0.15) is 29.6 Å². The molecule has 0 saturated carbocycles. The van der Waals surface area contributed by atoms with E-state index in [9.17, 15) is 9.59 Å². The number of anilines is 2. The predicted octanol–water partition coefficient (Wildman–Crippen LogP) is 4.41. The summed E-state index contributed by atoms with van der Waals surface area (Å²) in [5, 5.41) is 7.13. The Hall–Kier alpha value is -3.13. The van der Waals surface area contributed by atoms with E-state index in [4.69, 9.17) is 4.74 Å². The summed E-state index contributed by atoms with van der Waals surface area (Å²) in [6.07, 6.45) is 5.92. The molecule has 1 fully saturated rings. The molecule has 1 aliphatic rings. The fraction of sp³-hybridized carbons (Fsp3) is 0.227. The average molecular weight is 469 g/mol. The number of rotatable bonds is 5. The van der Waals surface area contributed by atoms with Gasteiger partial charge in [-0.05, 0) is 71.2 Å². The van der Waals surface area contributed by atoms with Gasteiger partial charge in [0.05, 0.1) is 29.2 Å². The van der Waals surface area contributed by atoms with Crippen LogP contribution in [-0.4, -0.2) is 35.2 Å². The van der Waals surface area contributed by atoms with E-state index in [-0.39, 0.29) is 11.8 Å². The molecule has 30 heavy (non-hydrogen) atoms. The average Bonchev–Trinajstić information content (AvgIpc) is 3.20. The minimum atomic E-state index is -0.232. The number of carbonyl (C=O) groups is 2. The maximum atomic E-state index is 12.7. The lowest BCUT2D eigenvalue weighted by Gasteiger charge is -2.28. The number of hydrogen-bond donors (Lipinski definition) is 1. The monoisotopic (exact) mass is 468 g/mol. The van der Waals surface area contributed by atoms with Crippen molar-refractivity contribution in [3.05, 3.63) is 64.9 Å². The molecule has 8 heteroatoms. The molecule has 1 saturated heterocycles. The van der Waals surface area contributed by atoms with Crippen LogP contribution in [0.5, 0.6) is 5.75 Å². The van der Waals surface area contributed by atoms with Crippen molar-refractivity contribution >= 4 is 39.1 Å². The number of nitrogens with zero attached hydrogens (tertiary/aromatic N) is 3. The summed E-state index contributed by atoms with van der Waals surface area (Å²) in [5.74, 6) is 0.450. The van der Waals surface area contributed by atoms with Gasteiger partial charge in [-0.2, -0.15) is 5.10 Å². The van der Waals surface area contributed by atoms with Gasteiger partial charge in [0, 0.05) is 30.4 Å². The van der Waals surface area contributed by atoms with E-state index < -0.39 is 0 Å². The lowest BCUT2D eigenvalue weighted by atomic mass is 10.1. The van der Waals surface area contributed by atoms with Crippen LogP contribution in [0.25, 0.3) is 5.69 Å². The number of hydrogen-bond acceptors (Lipinski definition) is 4. The second kappa shape index (κ2) is 8.71. The Balaban J connectivity index is 1.53. The zero-order chi connectivity index (χ0) is 21.1. The summed E-state index contributed by atoms with van der Waals surface area (Å²) >= 11 is 3.37. The first-order valence-electron chi connectivity index (χ1n) is 9.65. The summed E-state index contributed by atoms with van der Waals surface area (Å²) < 4.78 is 8.03. The van der Waals surface area contributed by atoms with E-state index in [0.717, 1.165) is 23.0 Å². The molecular weight excluding hydrogens is 448 g/mol. The van der Waals surface area contributed by atoms with Crippen molar-refractivity contribution in [3.63, 3.8) is 0 Å². The normalized spacial score (nSPS) is 13.9. The van der Waals surface area contributed by atoms with E-state index in [1.165, 1.54) is 0 Å². The molecule has 154 valence electrons. The van der Waals surface area contributed by atoms with Crippen molar-refractivity contribution in [2.24, 2.45) is 0 Å². The molecule has 4 rings (SSSR count). The molecule has 1 aliphatic heterocycles. The molecule has 0 bridgehead atoms. The molecule has 1 aromatic heterocycles. The highest BCUT2D eigenvalue weighted by Crippen LogP contribution is 2.33. The van der Waals surface area contributed by atoms with Crippen LogP contribution in [0.15, 0.2) is 59.3 Å². The highest BCUT2D eigenvalue weighted by Gasteiger charge is 2.23. The summed E-state index contributed by atoms with van der Waals surface area (Å²) in [7, 11) is 1.57. The zero-order valence-electron chi connectivity index (χ0n) is 16.5. The Morgan fingerprint density at radius 1 is 1.17 bits per heavy atom. The molecule has 2 aromatic carbocycles. The first-order chi connectivity index (χ1) is 14.5. The maximum absolute atomic E-state index is 12.7. The Kier molecular flexibility index (Phi) is 5.85. The number of benzene rings is 2. The molecule has 1 N–H and O–H groups in total. The van der Waals surface area contributed by atoms with Gasteiger partial charge in [-0.3, -0.25) is 9.59 Å². The Morgan fingerprint density at radius 2 is 1.97 bits per heavy atom. The SMILES string of the molecule is COc1ccc(NC(=O)c2ccc(-n3cc(Br)cn3)cc2)cc1N1CCCCC1=O. The second-order valence-electron chi connectivity index (χ2n) is 6.99. The van der Waals surface area contributed by atoms with Crippen molar-refractivity contribution < 1.29 is 14.3 Å². The van der Waals surface area contributed by atoms with Gasteiger partial charge in [0.1, 0.15) is 5.75 Å². The first kappa shape index (κ1) is 20.2. The number of methoxy groups -OCH3 is 1. The van der Waals surface area contributed by atoms with Crippen LogP contribution in [0.2, 0.25) is 0 Å². The molecule has 0 aliphatic carbocycles. The van der Waals surface area contributed by atoms with Crippen LogP contribution in [0.4, 0.5) is 11.4 Å². The quantitative estimate of drug-likeness (QED) is 0.601. The molecule has 2 heterocycles. The second-order valence-corrected chi connectivity index (χ2v) is 7.91. The van der Waals surface area contributed by atoms with E-state index >= 15 is 0 Å². The van der Waals surface area contributed by atoms with Gasteiger partial charge in [-0.1, -0.05) is 0 Å². The maximum Gasteiger partial charge on any atom is 0.255 e. The fourth-order valence-corrected chi connectivity index (χ4v) is 3.74. The molecular formula is C22H21BrN4O3. The van der Waals surface area contributed by atoms with Crippen LogP contribution >= 0.6 is 15.9 Å². The summed E-state index contributed by atoms with van der Waals surface area (Å²) in [6.45, 7) is 0.650. The first-order valence-corrected chi connectivity index (χ1v) is 10.4. The van der Waals surface area contributed by atoms with Gasteiger partial charge in [0.2, 0.25) is 5.91 Å². The third-order valence-electron chi connectivity index (χ3n) is 5.00. The van der Waals surface area contributed by atoms with E-state index in [0.29, 0.717) is 35.7 Å². The van der Waals surface area contributed by atoms with Crippen molar-refractivity contribution in [1.82, 2.24) is 9.78 Å². The van der Waals surface area contributed by atoms with Gasteiger partial charge in [0.15, 0.2) is 0 Å². The minimum Gasteiger partial charge on any atom is -0.495 e. The number of halogens is 1. The fourth-order valence-electron chi connectivity index (χ4n) is 3.45. The predicted molar refractivity (Wildman–Crippen MR) is 118 cm³/mol. The van der Waals surface area contributed by atoms with Crippen LogP contribution in [-0.2, 0) is 4.79 Å². The number of nitrogens with one attached hydrogen (secondary N) is 1. The number of piperidine rings is 1. The van der Waals surface area contributed by atoms with E-state index in [1.807, 2.05) is 18.3 Å². The molecule has 3 aromatic rings. The minimum absolute atomic E-state index is 0.0730. The van der Waals surface area contributed by atoms with E-state index in [2.05, 4.69) is 26.3 Å². The smallest absolute Gasteiger partial charge is 0.255 e. The number of aromatic nitrogens is 2. The van der Waals surface area contributed by atoms with Gasteiger partial charge in [0.25, 0.3) is 5.91 Å². The standard InChI is InChI=1S/C22H21BrN4O3/c1-30-20-10-7-17(12-19(20)26-11-3-2-4-21(26)28)25-22(29)15-5-8-18(9-6-15)27-14-16(23)13-24-27/h5-10,12-14H,2-4,11H2,1H3,(H,25,29). The lowest BCUT2D eigenvalue weighted by Crippen LogP contribution is -2.35. The summed E-state index contributed by atoms with van der Waals surface area (Å²) in [6, 6.07) is 12.5. The van der Waals surface area contributed by atoms with Gasteiger partial charge in [-0.25, -0.2) is 4.68 Å². The molecule has 0 unspecified atom stereocenters. The lowest BCUT2D eigenvalue weighted by molar-refractivity contribution is -0.119. The largest absolute Gasteiger partial charge is 0.495 e. The van der Waals surface area contributed by atoms with Crippen molar-refractivity contribution in [2.75, 3.05) is 23.9 Å². The molecule has 2 amide bonds. The molecule has 0 spiro atoms. The summed E-state index contributed by atoms with van der Waals surface area (Å²) in [4.78, 5) is 26.8. The van der Waals surface area contributed by atoms with Crippen molar-refractivity contribution in [1.29, 1.82) is 0 Å². The highest BCUT2D eigenvalue weighted by molar-refractivity contribution is 9.10. The number of amides is 2. The Morgan fingerprint density at radius 3 is 2.63 bits per heavy atom. The Bertz CT molecular complexity index is 1080. The van der Waals surface area contributed by atoms with Gasteiger partial charge < -0.3 is 15.0 Å². The number of ether oxygens (including phenoxy) is 1. The molecule has 0 atom stereocenters. The topological polar surface area (TPSA) is 76.5 Å². The third-order valence-corrected chi connectivity index (χ3v) is 5.41. The van der Waals surface area contributed by atoms with Crippen molar-refractivity contribution in [2.45, 2.75) is 19.3 Å². The van der Waals surface area contributed by atoms with Crippen molar-refractivity contribution in [3.8, 4) is 11.4 Å². The third kappa shape index (κ3) is 4.23. The molecule has 7 nitrogen and oxygen atoms in total. The van der Waals surface area contributed by atoms with E-state index in [1.54, 1.807) is 53.2 Å². The molecule has 0 radical (unpaired) electrons.